The van der Waals surface area contributed by atoms with E-state index in [2.05, 4.69) is 13.8 Å². The van der Waals surface area contributed by atoms with Gasteiger partial charge in [-0.3, -0.25) is 14.4 Å². The number of ketones is 1. The first-order valence-electron chi connectivity index (χ1n) is 11.2. The zero-order valence-corrected chi connectivity index (χ0v) is 17.2. The molecule has 5 nitrogen and oxygen atoms in total. The van der Waals surface area contributed by atoms with Gasteiger partial charge >= 0.3 is 11.9 Å². The molecule has 0 amide bonds. The van der Waals surface area contributed by atoms with E-state index in [4.69, 9.17) is 9.84 Å². The van der Waals surface area contributed by atoms with Crippen LogP contribution in [0.25, 0.3) is 0 Å². The Labute approximate surface area is 167 Å². The summed E-state index contributed by atoms with van der Waals surface area (Å²) in [5.41, 5.74) is 0.223. The standard InChI is InChI=1S/C23H34O5/c1-22-11-9-15(28-21(27)8-7-20(25)26)13-14(22)3-4-16-17-5-6-19(24)23(17,2)12-10-18(16)22/h14-18H,3-13H2,1-2H3,(H,25,26)/t14-,15+,16+,17+,18+,22-,23-/m0/s1. The number of aliphatic carboxylic acids is 1. The lowest BCUT2D eigenvalue weighted by Gasteiger charge is -2.60. The highest BCUT2D eigenvalue weighted by atomic mass is 16.5. The average molecular weight is 391 g/mol. The Morgan fingerprint density at radius 3 is 2.57 bits per heavy atom. The minimum Gasteiger partial charge on any atom is -0.481 e. The third-order valence-electron chi connectivity index (χ3n) is 9.17. The van der Waals surface area contributed by atoms with Crippen LogP contribution in [0.4, 0.5) is 0 Å². The van der Waals surface area contributed by atoms with Crippen LogP contribution >= 0.6 is 0 Å². The number of carboxylic acids is 1. The van der Waals surface area contributed by atoms with Gasteiger partial charge in [-0.15, -0.1) is 0 Å². The van der Waals surface area contributed by atoms with Crippen molar-refractivity contribution in [1.29, 1.82) is 0 Å². The van der Waals surface area contributed by atoms with Gasteiger partial charge in [0, 0.05) is 11.8 Å². The van der Waals surface area contributed by atoms with Crippen molar-refractivity contribution in [3.63, 3.8) is 0 Å². The Morgan fingerprint density at radius 2 is 1.82 bits per heavy atom. The summed E-state index contributed by atoms with van der Waals surface area (Å²) in [7, 11) is 0. The summed E-state index contributed by atoms with van der Waals surface area (Å²) in [5, 5.41) is 8.74. The van der Waals surface area contributed by atoms with Gasteiger partial charge < -0.3 is 9.84 Å². The summed E-state index contributed by atoms with van der Waals surface area (Å²) in [5.74, 6) is 1.69. The fourth-order valence-corrected chi connectivity index (χ4v) is 7.55. The molecule has 4 rings (SSSR count). The van der Waals surface area contributed by atoms with E-state index >= 15 is 0 Å². The van der Waals surface area contributed by atoms with E-state index in [9.17, 15) is 14.4 Å². The molecule has 156 valence electrons. The predicted octanol–water partition coefficient (Wildman–Crippen LogP) is 4.37. The predicted molar refractivity (Wildman–Crippen MR) is 103 cm³/mol. The zero-order chi connectivity index (χ0) is 20.1. The minimum atomic E-state index is -0.957. The molecular formula is C23H34O5. The highest BCUT2D eigenvalue weighted by Gasteiger charge is 2.60. The topological polar surface area (TPSA) is 80.7 Å². The second kappa shape index (κ2) is 7.14. The maximum Gasteiger partial charge on any atom is 0.306 e. The Bertz CT molecular complexity index is 672. The first-order chi connectivity index (χ1) is 13.2. The largest absolute Gasteiger partial charge is 0.481 e. The molecule has 0 bridgehead atoms. The van der Waals surface area contributed by atoms with Gasteiger partial charge in [0.15, 0.2) is 0 Å². The number of carbonyl (C=O) groups is 3. The Hall–Kier alpha value is -1.39. The van der Waals surface area contributed by atoms with E-state index in [1.807, 2.05) is 0 Å². The molecule has 4 fully saturated rings. The number of hydrogen-bond acceptors (Lipinski definition) is 4. The zero-order valence-electron chi connectivity index (χ0n) is 17.2. The van der Waals surface area contributed by atoms with Gasteiger partial charge in [0.2, 0.25) is 0 Å². The minimum absolute atomic E-state index is 0.0350. The van der Waals surface area contributed by atoms with Gasteiger partial charge in [-0.25, -0.2) is 0 Å². The van der Waals surface area contributed by atoms with Crippen LogP contribution in [-0.2, 0) is 19.1 Å². The molecule has 4 saturated carbocycles. The highest BCUT2D eigenvalue weighted by Crippen LogP contribution is 2.65. The quantitative estimate of drug-likeness (QED) is 0.721. The van der Waals surface area contributed by atoms with Crippen molar-refractivity contribution in [2.24, 2.45) is 34.5 Å². The Kier molecular flexibility index (Phi) is 5.08. The van der Waals surface area contributed by atoms with Gasteiger partial charge in [-0.05, 0) is 80.5 Å². The lowest BCUT2D eigenvalue weighted by Crippen LogP contribution is -2.54. The van der Waals surface area contributed by atoms with Gasteiger partial charge in [-0.1, -0.05) is 13.8 Å². The Balaban J connectivity index is 1.41. The number of fused-ring (bicyclic) bond motifs is 5. The van der Waals surface area contributed by atoms with Crippen molar-refractivity contribution in [1.82, 2.24) is 0 Å². The molecule has 0 aromatic carbocycles. The molecule has 4 aliphatic carbocycles. The van der Waals surface area contributed by atoms with E-state index in [1.165, 1.54) is 19.3 Å². The molecule has 0 radical (unpaired) electrons. The molecule has 0 saturated heterocycles. The molecule has 0 unspecified atom stereocenters. The highest BCUT2D eigenvalue weighted by molar-refractivity contribution is 5.87. The molecule has 1 N–H and O–H groups in total. The summed E-state index contributed by atoms with van der Waals surface area (Å²) < 4.78 is 5.62. The van der Waals surface area contributed by atoms with Crippen LogP contribution in [0.5, 0.6) is 0 Å². The van der Waals surface area contributed by atoms with Gasteiger partial charge in [-0.2, -0.15) is 0 Å². The van der Waals surface area contributed by atoms with Gasteiger partial charge in [0.05, 0.1) is 12.8 Å². The number of rotatable bonds is 4. The van der Waals surface area contributed by atoms with Crippen molar-refractivity contribution in [3.05, 3.63) is 0 Å². The first-order valence-corrected chi connectivity index (χ1v) is 11.2. The fraction of sp³-hybridized carbons (Fsp3) is 0.870. The molecule has 0 aromatic rings. The van der Waals surface area contributed by atoms with Gasteiger partial charge in [0.25, 0.3) is 0 Å². The number of ether oxygens (including phenoxy) is 1. The fourth-order valence-electron chi connectivity index (χ4n) is 7.55. The molecule has 5 heteroatoms. The van der Waals surface area contributed by atoms with Crippen LogP contribution in [-0.4, -0.2) is 28.9 Å². The van der Waals surface area contributed by atoms with E-state index in [0.29, 0.717) is 34.9 Å². The molecule has 7 atom stereocenters. The molecule has 0 aliphatic heterocycles. The van der Waals surface area contributed by atoms with Crippen molar-refractivity contribution in [2.75, 3.05) is 0 Å². The molecule has 0 spiro atoms. The average Bonchev–Trinajstić information content (AvgIpc) is 2.95. The van der Waals surface area contributed by atoms with Gasteiger partial charge in [0.1, 0.15) is 11.9 Å². The van der Waals surface area contributed by atoms with E-state index < -0.39 is 5.97 Å². The van der Waals surface area contributed by atoms with Crippen LogP contribution in [0.3, 0.4) is 0 Å². The van der Waals surface area contributed by atoms with Crippen LogP contribution in [0.15, 0.2) is 0 Å². The molecule has 0 aromatic heterocycles. The van der Waals surface area contributed by atoms with Crippen LogP contribution in [0.1, 0.15) is 84.5 Å². The lowest BCUT2D eigenvalue weighted by molar-refractivity contribution is -0.163. The SMILES string of the molecule is C[C@]12CC[C@@H](OC(=O)CCC(=O)O)C[C@@H]1CC[C@H]1[C@H]2CC[C@]2(C)C(=O)CC[C@H]12. The maximum absolute atomic E-state index is 12.5. The summed E-state index contributed by atoms with van der Waals surface area (Å²) in [4.78, 5) is 35.1. The molecule has 4 aliphatic rings. The van der Waals surface area contributed by atoms with E-state index in [1.54, 1.807) is 0 Å². The van der Waals surface area contributed by atoms with E-state index in [0.717, 1.165) is 38.5 Å². The molecular weight excluding hydrogens is 356 g/mol. The maximum atomic E-state index is 12.5. The van der Waals surface area contributed by atoms with Crippen molar-refractivity contribution >= 4 is 17.7 Å². The summed E-state index contributed by atoms with van der Waals surface area (Å²) in [6.07, 6.45) is 9.08. The molecule has 0 heterocycles. The number of esters is 1. The van der Waals surface area contributed by atoms with Crippen LogP contribution in [0, 0.1) is 34.5 Å². The number of Topliss-reactive ketones (excluding diaryl/α,β-unsaturated/α-hetero) is 1. The third kappa shape index (κ3) is 3.19. The Morgan fingerprint density at radius 1 is 1.04 bits per heavy atom. The van der Waals surface area contributed by atoms with Crippen LogP contribution < -0.4 is 0 Å². The third-order valence-corrected chi connectivity index (χ3v) is 9.17. The van der Waals surface area contributed by atoms with E-state index in [-0.39, 0.29) is 30.3 Å². The summed E-state index contributed by atoms with van der Waals surface area (Å²) in [6, 6.07) is 0. The second-order valence-corrected chi connectivity index (χ2v) is 10.4. The van der Waals surface area contributed by atoms with Crippen LogP contribution in [0.2, 0.25) is 0 Å². The number of carboxylic acid groups (broad SMARTS) is 1. The number of hydrogen-bond donors (Lipinski definition) is 1. The first kappa shape index (κ1) is 19.9. The smallest absolute Gasteiger partial charge is 0.306 e. The summed E-state index contributed by atoms with van der Waals surface area (Å²) in [6.45, 7) is 4.68. The number of carbonyl (C=O) groups excluding carboxylic acids is 2. The van der Waals surface area contributed by atoms with Crippen molar-refractivity contribution in [3.8, 4) is 0 Å². The molecule has 28 heavy (non-hydrogen) atoms. The van der Waals surface area contributed by atoms with Crippen molar-refractivity contribution < 1.29 is 24.2 Å². The lowest BCUT2D eigenvalue weighted by atomic mass is 9.45. The van der Waals surface area contributed by atoms with Crippen molar-refractivity contribution in [2.45, 2.75) is 90.6 Å². The monoisotopic (exact) mass is 390 g/mol. The summed E-state index contributed by atoms with van der Waals surface area (Å²) >= 11 is 0. The second-order valence-electron chi connectivity index (χ2n) is 10.4. The normalized spacial score (nSPS) is 44.9.